The van der Waals surface area contributed by atoms with Crippen LogP contribution in [0.4, 0.5) is 0 Å². The van der Waals surface area contributed by atoms with Crippen LogP contribution in [0.25, 0.3) is 0 Å². The predicted molar refractivity (Wildman–Crippen MR) is 75.0 cm³/mol. The van der Waals surface area contributed by atoms with Crippen LogP contribution in [-0.4, -0.2) is 11.9 Å². The van der Waals surface area contributed by atoms with Gasteiger partial charge in [0.1, 0.15) is 0 Å². The lowest BCUT2D eigenvalue weighted by atomic mass is 9.92. The zero-order valence-corrected chi connectivity index (χ0v) is 11.5. The van der Waals surface area contributed by atoms with E-state index in [-0.39, 0.29) is 18.0 Å². The van der Waals surface area contributed by atoms with Gasteiger partial charge in [-0.1, -0.05) is 57.0 Å². The van der Waals surface area contributed by atoms with Gasteiger partial charge in [0.25, 0.3) is 0 Å². The molecular formula is C15H24N2O. The zero-order chi connectivity index (χ0) is 13.5. The molecule has 0 aliphatic carbocycles. The van der Waals surface area contributed by atoms with Crippen molar-refractivity contribution in [1.82, 2.24) is 5.32 Å². The summed E-state index contributed by atoms with van der Waals surface area (Å²) in [6.45, 7) is 6.26. The van der Waals surface area contributed by atoms with Crippen molar-refractivity contribution in [2.75, 3.05) is 0 Å². The Kier molecular flexibility index (Phi) is 5.86. The zero-order valence-electron chi connectivity index (χ0n) is 11.5. The van der Waals surface area contributed by atoms with E-state index < -0.39 is 0 Å². The molecular weight excluding hydrogens is 224 g/mol. The van der Waals surface area contributed by atoms with Gasteiger partial charge in [0, 0.05) is 6.04 Å². The van der Waals surface area contributed by atoms with Gasteiger partial charge in [-0.3, -0.25) is 10.1 Å². The molecule has 0 saturated heterocycles. The quantitative estimate of drug-likeness (QED) is 0.779. The van der Waals surface area contributed by atoms with E-state index in [1.54, 1.807) is 0 Å². The van der Waals surface area contributed by atoms with E-state index in [1.165, 1.54) is 5.56 Å². The standard InChI is InChI=1S/C15H24N2O/c1-4-12(5-2)14(15(16)18)17-11(3)13-9-7-6-8-10-13/h6-12,14,17H,4-5H2,1-3H3,(H2,16,18)/t11-,14-/m0/s1. The fourth-order valence-electron chi connectivity index (χ4n) is 2.32. The van der Waals surface area contributed by atoms with Crippen LogP contribution in [0.2, 0.25) is 0 Å². The molecule has 1 rings (SSSR count). The number of nitrogens with one attached hydrogen (secondary N) is 1. The third-order valence-corrected chi connectivity index (χ3v) is 3.56. The molecule has 0 aliphatic heterocycles. The van der Waals surface area contributed by atoms with Gasteiger partial charge in [0.15, 0.2) is 0 Å². The van der Waals surface area contributed by atoms with E-state index in [4.69, 9.17) is 5.73 Å². The first-order valence-corrected chi connectivity index (χ1v) is 6.70. The summed E-state index contributed by atoms with van der Waals surface area (Å²) in [5.41, 5.74) is 6.69. The van der Waals surface area contributed by atoms with Crippen LogP contribution in [0.5, 0.6) is 0 Å². The van der Waals surface area contributed by atoms with Crippen LogP contribution in [-0.2, 0) is 4.79 Å². The molecule has 0 aromatic heterocycles. The highest BCUT2D eigenvalue weighted by molar-refractivity contribution is 5.80. The van der Waals surface area contributed by atoms with Crippen LogP contribution in [0.3, 0.4) is 0 Å². The summed E-state index contributed by atoms with van der Waals surface area (Å²) in [4.78, 5) is 11.6. The first kappa shape index (κ1) is 14.7. The van der Waals surface area contributed by atoms with Crippen molar-refractivity contribution in [3.05, 3.63) is 35.9 Å². The smallest absolute Gasteiger partial charge is 0.234 e. The normalized spacial score (nSPS) is 14.4. The summed E-state index contributed by atoms with van der Waals surface area (Å²) in [5.74, 6) is 0.0418. The Bertz CT molecular complexity index is 360. The van der Waals surface area contributed by atoms with Gasteiger partial charge in [0.05, 0.1) is 6.04 Å². The van der Waals surface area contributed by atoms with E-state index in [0.717, 1.165) is 12.8 Å². The number of benzene rings is 1. The summed E-state index contributed by atoms with van der Waals surface area (Å²) in [5, 5.41) is 3.36. The van der Waals surface area contributed by atoms with Gasteiger partial charge in [-0.05, 0) is 18.4 Å². The maximum atomic E-state index is 11.6. The Hall–Kier alpha value is -1.35. The fourth-order valence-corrected chi connectivity index (χ4v) is 2.32. The molecule has 1 amide bonds. The molecule has 1 aromatic carbocycles. The lowest BCUT2D eigenvalue weighted by Crippen LogP contribution is -2.47. The van der Waals surface area contributed by atoms with Crippen molar-refractivity contribution >= 4 is 5.91 Å². The molecule has 0 heterocycles. The summed E-state index contributed by atoms with van der Waals surface area (Å²) >= 11 is 0. The maximum Gasteiger partial charge on any atom is 0.234 e. The third kappa shape index (κ3) is 3.84. The van der Waals surface area contributed by atoms with E-state index in [0.29, 0.717) is 5.92 Å². The van der Waals surface area contributed by atoms with E-state index >= 15 is 0 Å². The van der Waals surface area contributed by atoms with Gasteiger partial charge in [-0.2, -0.15) is 0 Å². The summed E-state index contributed by atoms with van der Waals surface area (Å²) in [7, 11) is 0. The lowest BCUT2D eigenvalue weighted by molar-refractivity contribution is -0.121. The number of amides is 1. The minimum Gasteiger partial charge on any atom is -0.368 e. The Morgan fingerprint density at radius 3 is 2.22 bits per heavy atom. The van der Waals surface area contributed by atoms with Crippen LogP contribution in [0.15, 0.2) is 30.3 Å². The molecule has 2 atom stereocenters. The molecule has 0 radical (unpaired) electrons. The van der Waals surface area contributed by atoms with E-state index in [2.05, 4.69) is 38.2 Å². The maximum absolute atomic E-state index is 11.6. The van der Waals surface area contributed by atoms with Gasteiger partial charge in [0.2, 0.25) is 5.91 Å². The number of primary amides is 1. The second kappa shape index (κ2) is 7.17. The molecule has 0 bridgehead atoms. The summed E-state index contributed by atoms with van der Waals surface area (Å²) < 4.78 is 0. The van der Waals surface area contributed by atoms with Gasteiger partial charge in [-0.15, -0.1) is 0 Å². The second-order valence-electron chi connectivity index (χ2n) is 4.76. The van der Waals surface area contributed by atoms with Crippen LogP contribution >= 0.6 is 0 Å². The van der Waals surface area contributed by atoms with Crippen LogP contribution in [0, 0.1) is 5.92 Å². The van der Waals surface area contributed by atoms with Crippen molar-refractivity contribution < 1.29 is 4.79 Å². The highest BCUT2D eigenvalue weighted by Crippen LogP contribution is 2.18. The highest BCUT2D eigenvalue weighted by atomic mass is 16.1. The molecule has 3 N–H and O–H groups in total. The molecule has 3 heteroatoms. The lowest BCUT2D eigenvalue weighted by Gasteiger charge is -2.27. The second-order valence-corrected chi connectivity index (χ2v) is 4.76. The third-order valence-electron chi connectivity index (χ3n) is 3.56. The van der Waals surface area contributed by atoms with Crippen molar-refractivity contribution in [2.45, 2.75) is 45.7 Å². The average molecular weight is 248 g/mol. The molecule has 18 heavy (non-hydrogen) atoms. The SMILES string of the molecule is CCC(CC)[C@H](N[C@@H](C)c1ccccc1)C(N)=O. The predicted octanol–water partition coefficient (Wildman–Crippen LogP) is 2.63. The van der Waals surface area contributed by atoms with Crippen molar-refractivity contribution in [3.8, 4) is 0 Å². The Morgan fingerprint density at radius 2 is 1.78 bits per heavy atom. The first-order valence-electron chi connectivity index (χ1n) is 6.70. The van der Waals surface area contributed by atoms with Crippen molar-refractivity contribution in [1.29, 1.82) is 0 Å². The molecule has 0 unspecified atom stereocenters. The Morgan fingerprint density at radius 1 is 1.22 bits per heavy atom. The number of hydrogen-bond donors (Lipinski definition) is 2. The number of rotatable bonds is 7. The minimum atomic E-state index is -0.258. The molecule has 3 nitrogen and oxygen atoms in total. The fraction of sp³-hybridized carbons (Fsp3) is 0.533. The number of carbonyl (C=O) groups excluding carboxylic acids is 1. The molecule has 100 valence electrons. The molecule has 0 aliphatic rings. The van der Waals surface area contributed by atoms with Gasteiger partial charge < -0.3 is 5.73 Å². The van der Waals surface area contributed by atoms with Crippen LogP contribution in [0.1, 0.15) is 45.2 Å². The van der Waals surface area contributed by atoms with E-state index in [1.807, 2.05) is 18.2 Å². The highest BCUT2D eigenvalue weighted by Gasteiger charge is 2.25. The first-order chi connectivity index (χ1) is 8.60. The molecule has 0 fully saturated rings. The molecule has 0 saturated carbocycles. The topological polar surface area (TPSA) is 55.1 Å². The Labute approximate surface area is 110 Å². The molecule has 0 spiro atoms. The minimum absolute atomic E-state index is 0.129. The Balaban J connectivity index is 2.75. The summed E-state index contributed by atoms with van der Waals surface area (Å²) in [6, 6.07) is 9.99. The largest absolute Gasteiger partial charge is 0.368 e. The number of nitrogens with two attached hydrogens (primary N) is 1. The van der Waals surface area contributed by atoms with Gasteiger partial charge in [-0.25, -0.2) is 0 Å². The number of hydrogen-bond acceptors (Lipinski definition) is 2. The van der Waals surface area contributed by atoms with Crippen molar-refractivity contribution in [2.24, 2.45) is 11.7 Å². The van der Waals surface area contributed by atoms with Crippen molar-refractivity contribution in [3.63, 3.8) is 0 Å². The molecule has 1 aromatic rings. The van der Waals surface area contributed by atoms with Gasteiger partial charge >= 0.3 is 0 Å². The van der Waals surface area contributed by atoms with Crippen LogP contribution < -0.4 is 11.1 Å². The monoisotopic (exact) mass is 248 g/mol. The average Bonchev–Trinajstić information content (AvgIpc) is 2.39. The summed E-state index contributed by atoms with van der Waals surface area (Å²) in [6.07, 6.45) is 1.91. The number of carbonyl (C=O) groups is 1. The van der Waals surface area contributed by atoms with E-state index in [9.17, 15) is 4.79 Å².